The first kappa shape index (κ1) is 12.8. The summed E-state index contributed by atoms with van der Waals surface area (Å²) in [5, 5.41) is 2.95. The predicted molar refractivity (Wildman–Crippen MR) is 77.1 cm³/mol. The highest BCUT2D eigenvalue weighted by molar-refractivity contribution is 7.16. The van der Waals surface area contributed by atoms with E-state index in [1.165, 1.54) is 0 Å². The summed E-state index contributed by atoms with van der Waals surface area (Å²) in [6, 6.07) is 1.97. The number of nitrogens with zero attached hydrogens (tertiary/aromatic N) is 3. The lowest BCUT2D eigenvalue weighted by molar-refractivity contribution is -0.0887. The van der Waals surface area contributed by atoms with Crippen molar-refractivity contribution in [3.05, 3.63) is 17.3 Å². The topological polar surface area (TPSA) is 64.3 Å². The van der Waals surface area contributed by atoms with E-state index >= 15 is 0 Å². The van der Waals surface area contributed by atoms with Crippen molar-refractivity contribution in [2.24, 2.45) is 0 Å². The summed E-state index contributed by atoms with van der Waals surface area (Å²) in [6.45, 7) is 7.50. The van der Waals surface area contributed by atoms with Crippen molar-refractivity contribution in [3.8, 4) is 0 Å². The van der Waals surface area contributed by atoms with Crippen molar-refractivity contribution < 1.29 is 4.74 Å². The molecule has 0 saturated carbocycles. The third-order valence-electron chi connectivity index (χ3n) is 3.27. The van der Waals surface area contributed by atoms with Crippen LogP contribution in [0.3, 0.4) is 0 Å². The predicted octanol–water partition coefficient (Wildman–Crippen LogP) is 1.88. The smallest absolute Gasteiger partial charge is 0.146 e. The lowest BCUT2D eigenvalue weighted by Crippen LogP contribution is -2.47. The number of hydrogen-bond donors (Lipinski definition) is 1. The van der Waals surface area contributed by atoms with Gasteiger partial charge in [-0.15, -0.1) is 11.3 Å². The largest absolute Gasteiger partial charge is 0.383 e. The van der Waals surface area contributed by atoms with Crippen molar-refractivity contribution >= 4 is 27.4 Å². The van der Waals surface area contributed by atoms with Gasteiger partial charge in [-0.25, -0.2) is 9.97 Å². The Bertz CT molecular complexity index is 595. The molecule has 1 saturated heterocycles. The van der Waals surface area contributed by atoms with Gasteiger partial charge in [-0.1, -0.05) is 0 Å². The fourth-order valence-electron chi connectivity index (χ4n) is 2.44. The van der Waals surface area contributed by atoms with Gasteiger partial charge < -0.3 is 10.5 Å². The quantitative estimate of drug-likeness (QED) is 0.908. The van der Waals surface area contributed by atoms with E-state index in [0.29, 0.717) is 5.82 Å². The van der Waals surface area contributed by atoms with Crippen LogP contribution < -0.4 is 5.73 Å². The minimum atomic E-state index is -0.100. The van der Waals surface area contributed by atoms with Gasteiger partial charge in [-0.05, 0) is 25.3 Å². The summed E-state index contributed by atoms with van der Waals surface area (Å²) >= 11 is 1.60. The number of aromatic nitrogens is 2. The van der Waals surface area contributed by atoms with Crippen molar-refractivity contribution in [3.63, 3.8) is 0 Å². The van der Waals surface area contributed by atoms with Gasteiger partial charge in [0.25, 0.3) is 0 Å². The number of nitrogens with two attached hydrogens (primary N) is 1. The van der Waals surface area contributed by atoms with Crippen LogP contribution in [0.25, 0.3) is 10.2 Å². The number of rotatable bonds is 2. The summed E-state index contributed by atoms with van der Waals surface area (Å²) in [7, 11) is 0. The second-order valence-electron chi connectivity index (χ2n) is 5.48. The van der Waals surface area contributed by atoms with E-state index in [4.69, 9.17) is 10.5 Å². The van der Waals surface area contributed by atoms with E-state index in [1.807, 2.05) is 11.4 Å². The van der Waals surface area contributed by atoms with Crippen molar-refractivity contribution in [2.75, 3.05) is 25.4 Å². The molecule has 0 aromatic carbocycles. The van der Waals surface area contributed by atoms with Crippen LogP contribution in [0, 0.1) is 0 Å². The first-order valence-electron chi connectivity index (χ1n) is 6.39. The van der Waals surface area contributed by atoms with Crippen LogP contribution in [0.15, 0.2) is 11.4 Å². The highest BCUT2D eigenvalue weighted by atomic mass is 32.1. The number of thiophene rings is 1. The molecule has 0 spiro atoms. The summed E-state index contributed by atoms with van der Waals surface area (Å²) in [6.07, 6.45) is 0. The summed E-state index contributed by atoms with van der Waals surface area (Å²) in [4.78, 5) is 12.3. The zero-order chi connectivity index (χ0) is 13.5. The molecule has 0 radical (unpaired) electrons. The van der Waals surface area contributed by atoms with Crippen molar-refractivity contribution in [1.82, 2.24) is 14.9 Å². The fourth-order valence-corrected chi connectivity index (χ4v) is 3.23. The molecule has 5 nitrogen and oxygen atoms in total. The average Bonchev–Trinajstić information content (AvgIpc) is 2.76. The summed E-state index contributed by atoms with van der Waals surface area (Å²) in [5.74, 6) is 1.37. The first-order valence-corrected chi connectivity index (χ1v) is 7.27. The van der Waals surface area contributed by atoms with E-state index in [0.717, 1.165) is 42.3 Å². The van der Waals surface area contributed by atoms with Crippen LogP contribution in [0.2, 0.25) is 0 Å². The summed E-state index contributed by atoms with van der Waals surface area (Å²) in [5.41, 5.74) is 5.87. The van der Waals surface area contributed by atoms with Crippen LogP contribution >= 0.6 is 11.3 Å². The maximum atomic E-state index is 5.97. The Morgan fingerprint density at radius 3 is 3.11 bits per heavy atom. The third kappa shape index (κ3) is 2.70. The normalized spacial score (nSPS) is 19.9. The molecule has 1 fully saturated rings. The lowest BCUT2D eigenvalue weighted by atomic mass is 10.1. The second kappa shape index (κ2) is 4.70. The Hall–Kier alpha value is -1.24. The molecule has 0 atom stereocenters. The molecule has 2 N–H and O–H groups in total. The number of nitrogen functional groups attached to an aromatic ring is 1. The van der Waals surface area contributed by atoms with Gasteiger partial charge in [0, 0.05) is 13.1 Å². The number of fused-ring (bicyclic) bond motifs is 1. The molecular weight excluding hydrogens is 260 g/mol. The highest BCUT2D eigenvalue weighted by Crippen LogP contribution is 2.24. The van der Waals surface area contributed by atoms with Crippen LogP contribution in [0.4, 0.5) is 5.82 Å². The molecule has 19 heavy (non-hydrogen) atoms. The molecule has 0 amide bonds. The number of ether oxygens (including phenoxy) is 1. The molecule has 0 unspecified atom stereocenters. The van der Waals surface area contributed by atoms with Gasteiger partial charge in [0.1, 0.15) is 16.5 Å². The second-order valence-corrected chi connectivity index (χ2v) is 6.38. The minimum Gasteiger partial charge on any atom is -0.383 e. The van der Waals surface area contributed by atoms with E-state index in [1.54, 1.807) is 11.3 Å². The number of morpholine rings is 1. The Kier molecular flexibility index (Phi) is 3.16. The Balaban J connectivity index is 1.81. The van der Waals surface area contributed by atoms with Crippen LogP contribution in [-0.2, 0) is 11.3 Å². The van der Waals surface area contributed by atoms with Crippen LogP contribution in [0.5, 0.6) is 0 Å². The molecule has 102 valence electrons. The molecule has 2 aromatic heterocycles. The molecular formula is C13H18N4OS. The maximum Gasteiger partial charge on any atom is 0.146 e. The molecule has 0 bridgehead atoms. The molecule has 6 heteroatoms. The molecule has 1 aliphatic heterocycles. The monoisotopic (exact) mass is 278 g/mol. The average molecular weight is 278 g/mol. The van der Waals surface area contributed by atoms with Crippen LogP contribution in [0.1, 0.15) is 19.7 Å². The zero-order valence-corrected chi connectivity index (χ0v) is 12.0. The SMILES string of the molecule is CC1(C)CN(Cc2nc(N)c3ccsc3n2)CCO1. The third-order valence-corrected chi connectivity index (χ3v) is 4.08. The molecule has 3 heterocycles. The first-order chi connectivity index (χ1) is 9.03. The summed E-state index contributed by atoms with van der Waals surface area (Å²) < 4.78 is 5.71. The van der Waals surface area contributed by atoms with E-state index in [-0.39, 0.29) is 5.60 Å². The van der Waals surface area contributed by atoms with E-state index in [9.17, 15) is 0 Å². The van der Waals surface area contributed by atoms with Gasteiger partial charge in [-0.2, -0.15) is 0 Å². The van der Waals surface area contributed by atoms with Gasteiger partial charge in [0.2, 0.25) is 0 Å². The van der Waals surface area contributed by atoms with Crippen LogP contribution in [-0.4, -0.2) is 40.2 Å². The number of anilines is 1. The zero-order valence-electron chi connectivity index (χ0n) is 11.2. The van der Waals surface area contributed by atoms with Crippen molar-refractivity contribution in [1.29, 1.82) is 0 Å². The standard InChI is InChI=1S/C13H18N4OS/c1-13(2)8-17(4-5-18-13)7-10-15-11(14)9-3-6-19-12(9)16-10/h3,6H,4-5,7-8H2,1-2H3,(H2,14,15,16). The molecule has 1 aliphatic rings. The molecule has 0 aliphatic carbocycles. The highest BCUT2D eigenvalue weighted by Gasteiger charge is 2.27. The lowest BCUT2D eigenvalue weighted by Gasteiger charge is -2.37. The number of hydrogen-bond acceptors (Lipinski definition) is 6. The maximum absolute atomic E-state index is 5.97. The van der Waals surface area contributed by atoms with E-state index < -0.39 is 0 Å². The Morgan fingerprint density at radius 1 is 1.47 bits per heavy atom. The molecule has 3 rings (SSSR count). The van der Waals surface area contributed by atoms with Crippen molar-refractivity contribution in [2.45, 2.75) is 26.0 Å². The van der Waals surface area contributed by atoms with Gasteiger partial charge in [-0.3, -0.25) is 4.90 Å². The van der Waals surface area contributed by atoms with Gasteiger partial charge in [0.15, 0.2) is 0 Å². The fraction of sp³-hybridized carbons (Fsp3) is 0.538. The van der Waals surface area contributed by atoms with Gasteiger partial charge in [0.05, 0.1) is 24.1 Å². The Morgan fingerprint density at radius 2 is 2.32 bits per heavy atom. The van der Waals surface area contributed by atoms with Gasteiger partial charge >= 0.3 is 0 Å². The molecule has 2 aromatic rings. The van der Waals surface area contributed by atoms with E-state index in [2.05, 4.69) is 28.7 Å². The minimum absolute atomic E-state index is 0.100. The Labute approximate surface area is 116 Å².